The first kappa shape index (κ1) is 45.8. The van der Waals surface area contributed by atoms with E-state index < -0.39 is 0 Å². The van der Waals surface area contributed by atoms with Gasteiger partial charge in [0.15, 0.2) is 0 Å². The smallest absolute Gasteiger partial charge is 0.259 e. The Balaban J connectivity index is 0.000000165. The summed E-state index contributed by atoms with van der Waals surface area (Å²) >= 11 is 12.0. The summed E-state index contributed by atoms with van der Waals surface area (Å²) in [4.78, 5) is 30.2. The van der Waals surface area contributed by atoms with Crippen LogP contribution in [0.15, 0.2) is 91.5 Å². The summed E-state index contributed by atoms with van der Waals surface area (Å²) in [6, 6.07) is 28.0. The summed E-state index contributed by atoms with van der Waals surface area (Å²) in [7, 11) is 0. The highest BCUT2D eigenvalue weighted by Crippen LogP contribution is 2.37. The average molecular weight is 812 g/mol. The van der Waals surface area contributed by atoms with Crippen molar-refractivity contribution in [2.45, 2.75) is 132 Å². The van der Waals surface area contributed by atoms with Crippen molar-refractivity contribution < 1.29 is 9.59 Å². The lowest BCUT2D eigenvalue weighted by atomic mass is 10.1. The summed E-state index contributed by atoms with van der Waals surface area (Å²) in [5.74, 6) is 1.05. The predicted molar refractivity (Wildman–Crippen MR) is 240 cm³/mol. The van der Waals surface area contributed by atoms with E-state index in [2.05, 4.69) is 103 Å². The summed E-state index contributed by atoms with van der Waals surface area (Å²) in [6.45, 7) is 34.2. The zero-order chi connectivity index (χ0) is 42.5. The van der Waals surface area contributed by atoms with Gasteiger partial charge in [0.05, 0.1) is 10.0 Å². The third-order valence-electron chi connectivity index (χ3n) is 9.91. The Morgan fingerprint density at radius 3 is 1.39 bits per heavy atom. The van der Waals surface area contributed by atoms with E-state index in [1.165, 1.54) is 22.3 Å². The molecule has 0 atom stereocenters. The van der Waals surface area contributed by atoms with Crippen LogP contribution in [0.3, 0.4) is 0 Å². The van der Waals surface area contributed by atoms with Crippen LogP contribution in [0.1, 0.15) is 137 Å². The van der Waals surface area contributed by atoms with Crippen LogP contribution in [0, 0.1) is 5.92 Å². The maximum atomic E-state index is 12.1. The zero-order valence-electron chi connectivity index (χ0n) is 36.3. The first-order chi connectivity index (χ1) is 26.5. The van der Waals surface area contributed by atoms with Gasteiger partial charge < -0.3 is 15.1 Å². The molecule has 0 aromatic heterocycles. The lowest BCUT2D eigenvalue weighted by Gasteiger charge is -2.32. The highest BCUT2D eigenvalue weighted by Gasteiger charge is 2.37. The molecule has 0 spiro atoms. The molecular formula is C49H64Cl2N4O2. The van der Waals surface area contributed by atoms with Gasteiger partial charge in [0.25, 0.3) is 11.8 Å². The Labute approximate surface area is 353 Å². The number of fused-ring (bicyclic) bond motifs is 4. The molecule has 1 N–H and O–H groups in total. The Hall–Kier alpha value is -3.94. The maximum Gasteiger partial charge on any atom is 0.259 e. The van der Waals surface area contributed by atoms with Crippen molar-refractivity contribution in [2.75, 3.05) is 0 Å². The highest BCUT2D eigenvalue weighted by atomic mass is 35.5. The fraction of sp³-hybridized carbons (Fsp3) is 0.429. The summed E-state index contributed by atoms with van der Waals surface area (Å²) in [5.41, 5.74) is 9.95. The molecular weight excluding hydrogens is 747 g/mol. The fourth-order valence-corrected chi connectivity index (χ4v) is 7.26. The molecule has 8 heteroatoms. The SMILES string of the molecule is C=C1c2ccccc2C(=O)N1C(C)(C)C.CC(C)(C)N1Cc2cc(Cl)c(Cl)cc2C1.CC(C)(C)N1Cc2ccccc2C1=O.CC(C)C.c1ccc2c(c1)CNC2. The van der Waals surface area contributed by atoms with E-state index in [4.69, 9.17) is 23.2 Å². The van der Waals surface area contributed by atoms with Crippen molar-refractivity contribution >= 4 is 40.7 Å². The number of nitrogens with zero attached hydrogens (tertiary/aromatic N) is 3. The average Bonchev–Trinajstić information content (AvgIpc) is 3.90. The van der Waals surface area contributed by atoms with Crippen LogP contribution < -0.4 is 5.32 Å². The molecule has 4 heterocycles. The van der Waals surface area contributed by atoms with Gasteiger partial charge in [-0.3, -0.25) is 14.5 Å². The molecule has 4 aromatic carbocycles. The summed E-state index contributed by atoms with van der Waals surface area (Å²) in [6.07, 6.45) is 0. The van der Waals surface area contributed by atoms with Crippen LogP contribution in [0.4, 0.5) is 0 Å². The monoisotopic (exact) mass is 810 g/mol. The van der Waals surface area contributed by atoms with Crippen LogP contribution in [0.25, 0.3) is 5.70 Å². The first-order valence-electron chi connectivity index (χ1n) is 20.0. The second-order valence-electron chi connectivity index (χ2n) is 18.7. The summed E-state index contributed by atoms with van der Waals surface area (Å²) in [5, 5.41) is 4.60. The van der Waals surface area contributed by atoms with E-state index in [0.29, 0.717) is 10.0 Å². The topological polar surface area (TPSA) is 55.9 Å². The molecule has 0 aliphatic carbocycles. The normalized spacial score (nSPS) is 15.6. The van der Waals surface area contributed by atoms with Gasteiger partial charge in [-0.2, -0.15) is 0 Å². The van der Waals surface area contributed by atoms with Gasteiger partial charge in [-0.05, 0) is 120 Å². The number of amides is 2. The van der Waals surface area contributed by atoms with Gasteiger partial charge >= 0.3 is 0 Å². The molecule has 2 amide bonds. The van der Waals surface area contributed by atoms with Crippen molar-refractivity contribution in [1.29, 1.82) is 0 Å². The second kappa shape index (κ2) is 18.8. The van der Waals surface area contributed by atoms with Crippen LogP contribution in [0.2, 0.25) is 10.0 Å². The van der Waals surface area contributed by atoms with Gasteiger partial charge in [-0.15, -0.1) is 0 Å². The van der Waals surface area contributed by atoms with Crippen LogP contribution in [-0.2, 0) is 32.7 Å². The van der Waals surface area contributed by atoms with Crippen molar-refractivity contribution in [3.8, 4) is 0 Å². The van der Waals surface area contributed by atoms with E-state index in [1.807, 2.05) is 86.3 Å². The maximum absolute atomic E-state index is 12.1. The lowest BCUT2D eigenvalue weighted by molar-refractivity contribution is 0.0609. The molecule has 306 valence electrons. The number of benzene rings is 4. The van der Waals surface area contributed by atoms with Gasteiger partial charge in [0, 0.05) is 71.7 Å². The standard InChI is InChI=1S/C13H15NO.C12H15Cl2N.C12H15NO.C8H9N.C4H10/c1-9-10-7-5-6-8-11(10)12(15)14(9)13(2,3)4;1-12(2,3)15-6-8-4-10(13)11(14)5-9(8)7-15;1-12(2,3)13-8-9-6-4-5-7-10(9)11(13)14;1-2-4-8-6-9-5-7(8)3-1;1-4(2)3/h5-8H,1H2,2-4H3;4-5H,6-7H2,1-3H3;4-7H,8H2,1-3H3;1-4,9H,5-6H2;4H,1-3H3. The third kappa shape index (κ3) is 11.8. The zero-order valence-corrected chi connectivity index (χ0v) is 37.8. The molecule has 0 radical (unpaired) electrons. The summed E-state index contributed by atoms with van der Waals surface area (Å²) < 4.78 is 0. The Morgan fingerprint density at radius 1 is 0.561 bits per heavy atom. The molecule has 0 fully saturated rings. The first-order valence-corrected chi connectivity index (χ1v) is 20.8. The van der Waals surface area contributed by atoms with Gasteiger partial charge in [-0.25, -0.2) is 0 Å². The van der Waals surface area contributed by atoms with Crippen molar-refractivity contribution in [1.82, 2.24) is 20.0 Å². The second-order valence-corrected chi connectivity index (χ2v) is 19.5. The largest absolute Gasteiger partial charge is 0.329 e. The van der Waals surface area contributed by atoms with E-state index in [1.54, 1.807) is 4.90 Å². The predicted octanol–water partition coefficient (Wildman–Crippen LogP) is 12.4. The quantitative estimate of drug-likeness (QED) is 0.192. The molecule has 0 bridgehead atoms. The van der Waals surface area contributed by atoms with E-state index >= 15 is 0 Å². The number of nitrogens with one attached hydrogen (secondary N) is 1. The van der Waals surface area contributed by atoms with E-state index in [0.717, 1.165) is 66.6 Å². The molecule has 4 aromatic rings. The molecule has 8 rings (SSSR count). The Bertz CT molecular complexity index is 1960. The van der Waals surface area contributed by atoms with Crippen molar-refractivity contribution in [3.63, 3.8) is 0 Å². The van der Waals surface area contributed by atoms with E-state index in [9.17, 15) is 9.59 Å². The number of hydrogen-bond acceptors (Lipinski definition) is 4. The molecule has 0 saturated carbocycles. The lowest BCUT2D eigenvalue weighted by Crippen LogP contribution is -2.41. The molecule has 0 saturated heterocycles. The molecule has 4 aliphatic heterocycles. The number of halogens is 2. The number of carbonyl (C=O) groups is 2. The van der Waals surface area contributed by atoms with E-state index in [-0.39, 0.29) is 28.4 Å². The minimum Gasteiger partial charge on any atom is -0.329 e. The highest BCUT2D eigenvalue weighted by molar-refractivity contribution is 6.42. The van der Waals surface area contributed by atoms with Gasteiger partial charge in [0.1, 0.15) is 0 Å². The minimum absolute atomic E-state index is 0.0584. The fourth-order valence-electron chi connectivity index (χ4n) is 6.89. The van der Waals surface area contributed by atoms with Crippen molar-refractivity contribution in [2.24, 2.45) is 5.92 Å². The molecule has 4 aliphatic rings. The molecule has 0 unspecified atom stereocenters. The number of rotatable bonds is 0. The molecule has 57 heavy (non-hydrogen) atoms. The number of carbonyl (C=O) groups excluding carboxylic acids is 2. The minimum atomic E-state index is -0.215. The van der Waals surface area contributed by atoms with Crippen molar-refractivity contribution in [3.05, 3.63) is 146 Å². The third-order valence-corrected chi connectivity index (χ3v) is 10.6. The van der Waals surface area contributed by atoms with Crippen LogP contribution in [-0.4, -0.2) is 43.1 Å². The molecule has 6 nitrogen and oxygen atoms in total. The van der Waals surface area contributed by atoms with Gasteiger partial charge in [-0.1, -0.05) is 111 Å². The van der Waals surface area contributed by atoms with Gasteiger partial charge in [0.2, 0.25) is 0 Å². The number of hydrogen-bond donors (Lipinski definition) is 1. The Morgan fingerprint density at radius 2 is 0.982 bits per heavy atom. The Kier molecular flexibility index (Phi) is 15.1. The van der Waals surface area contributed by atoms with Crippen LogP contribution >= 0.6 is 23.2 Å². The van der Waals surface area contributed by atoms with Crippen LogP contribution in [0.5, 0.6) is 0 Å².